The molecule has 200 valence electrons. The SMILES string of the molecule is Nc1ccc2c(ccc3cc(-c4cc(-c5ccccc5)c5c(c4-c4ccccc4)-c4cccc6cccc-5c46)ccc32)c1. The van der Waals surface area contributed by atoms with Crippen molar-refractivity contribution in [1.29, 1.82) is 0 Å². The molecule has 0 saturated heterocycles. The van der Waals surface area contributed by atoms with Gasteiger partial charge in [0.1, 0.15) is 0 Å². The van der Waals surface area contributed by atoms with Crippen molar-refractivity contribution in [2.45, 2.75) is 0 Å². The Balaban J connectivity index is 1.42. The number of benzene rings is 8. The first-order valence-corrected chi connectivity index (χ1v) is 14.8. The summed E-state index contributed by atoms with van der Waals surface area (Å²) in [4.78, 5) is 0. The van der Waals surface area contributed by atoms with E-state index in [1.807, 2.05) is 6.07 Å². The maximum Gasteiger partial charge on any atom is 0.0320 e. The number of anilines is 1. The van der Waals surface area contributed by atoms with Gasteiger partial charge in [-0.1, -0.05) is 127 Å². The zero-order valence-electron chi connectivity index (χ0n) is 23.5. The van der Waals surface area contributed by atoms with E-state index >= 15 is 0 Å². The summed E-state index contributed by atoms with van der Waals surface area (Å²) in [5, 5.41) is 7.48. The molecule has 0 bridgehead atoms. The number of rotatable bonds is 3. The Morgan fingerprint density at radius 2 is 0.930 bits per heavy atom. The minimum Gasteiger partial charge on any atom is -0.399 e. The molecule has 2 N–H and O–H groups in total. The highest BCUT2D eigenvalue weighted by molar-refractivity contribution is 6.23. The maximum atomic E-state index is 6.11. The summed E-state index contributed by atoms with van der Waals surface area (Å²) in [6.07, 6.45) is 0. The number of nitrogens with two attached hydrogens (primary N) is 1. The molecule has 0 amide bonds. The summed E-state index contributed by atoms with van der Waals surface area (Å²) < 4.78 is 0. The van der Waals surface area contributed by atoms with E-state index in [-0.39, 0.29) is 0 Å². The molecule has 0 fully saturated rings. The molecular weight excluding hydrogens is 518 g/mol. The lowest BCUT2D eigenvalue weighted by atomic mass is 9.82. The van der Waals surface area contributed by atoms with Gasteiger partial charge in [-0.05, 0) is 112 Å². The van der Waals surface area contributed by atoms with Gasteiger partial charge in [0.05, 0.1) is 0 Å². The van der Waals surface area contributed by atoms with Crippen molar-refractivity contribution in [3.8, 4) is 55.6 Å². The molecule has 0 aromatic heterocycles. The molecule has 1 aliphatic carbocycles. The van der Waals surface area contributed by atoms with Crippen LogP contribution in [-0.4, -0.2) is 0 Å². The number of fused-ring (bicyclic) bond motifs is 6. The maximum absolute atomic E-state index is 6.11. The second-order valence-electron chi connectivity index (χ2n) is 11.5. The summed E-state index contributed by atoms with van der Waals surface area (Å²) in [5.41, 5.74) is 19.6. The highest BCUT2D eigenvalue weighted by Gasteiger charge is 2.30. The van der Waals surface area contributed by atoms with Crippen molar-refractivity contribution in [1.82, 2.24) is 0 Å². The van der Waals surface area contributed by atoms with Gasteiger partial charge in [0.15, 0.2) is 0 Å². The van der Waals surface area contributed by atoms with Gasteiger partial charge in [0.25, 0.3) is 0 Å². The monoisotopic (exact) mass is 545 g/mol. The van der Waals surface area contributed by atoms with Crippen molar-refractivity contribution < 1.29 is 0 Å². The van der Waals surface area contributed by atoms with Crippen LogP contribution >= 0.6 is 0 Å². The number of nitrogen functional groups attached to an aromatic ring is 1. The topological polar surface area (TPSA) is 26.0 Å². The lowest BCUT2D eigenvalue weighted by Gasteiger charge is -2.21. The molecule has 0 saturated carbocycles. The van der Waals surface area contributed by atoms with Crippen LogP contribution in [-0.2, 0) is 0 Å². The molecule has 0 aliphatic heterocycles. The quantitative estimate of drug-likeness (QED) is 0.173. The molecule has 0 unspecified atom stereocenters. The Labute approximate surface area is 250 Å². The fraction of sp³-hybridized carbons (Fsp3) is 0. The van der Waals surface area contributed by atoms with E-state index < -0.39 is 0 Å². The van der Waals surface area contributed by atoms with Gasteiger partial charge in [-0.2, -0.15) is 0 Å². The molecule has 1 nitrogen and oxygen atoms in total. The van der Waals surface area contributed by atoms with E-state index in [0.29, 0.717) is 0 Å². The highest BCUT2D eigenvalue weighted by atomic mass is 14.5. The minimum absolute atomic E-state index is 0.790. The molecule has 0 heterocycles. The van der Waals surface area contributed by atoms with Crippen molar-refractivity contribution in [2.24, 2.45) is 0 Å². The summed E-state index contributed by atoms with van der Waals surface area (Å²) in [5.74, 6) is 0. The van der Waals surface area contributed by atoms with Crippen LogP contribution in [0.5, 0.6) is 0 Å². The van der Waals surface area contributed by atoms with Crippen LogP contribution in [0.1, 0.15) is 0 Å². The Morgan fingerprint density at radius 3 is 1.65 bits per heavy atom. The van der Waals surface area contributed by atoms with Gasteiger partial charge in [0.2, 0.25) is 0 Å². The van der Waals surface area contributed by atoms with Crippen LogP contribution in [0.25, 0.3) is 88.0 Å². The molecule has 8 aromatic carbocycles. The lowest BCUT2D eigenvalue weighted by molar-refractivity contribution is 1.57. The standard InChI is InChI=1S/C42H27N/c43-32-20-22-34-31(24-32)18-17-29-23-30(19-21-33(29)34)38-25-37(26-9-3-1-4-10-26)41-35-15-7-13-27-14-8-16-36(39(27)35)42(41)40(38)28-11-5-2-6-12-28/h1-25H,43H2. The molecule has 0 spiro atoms. The summed E-state index contributed by atoms with van der Waals surface area (Å²) in [7, 11) is 0. The van der Waals surface area contributed by atoms with Crippen molar-refractivity contribution in [3.63, 3.8) is 0 Å². The van der Waals surface area contributed by atoms with Gasteiger partial charge in [-0.15, -0.1) is 0 Å². The van der Waals surface area contributed by atoms with E-state index in [9.17, 15) is 0 Å². The summed E-state index contributed by atoms with van der Waals surface area (Å²) >= 11 is 0. The third-order valence-electron chi connectivity index (χ3n) is 9.09. The Morgan fingerprint density at radius 1 is 0.326 bits per heavy atom. The van der Waals surface area contributed by atoms with Crippen LogP contribution in [0.15, 0.2) is 152 Å². The molecule has 8 aromatic rings. The first-order valence-electron chi connectivity index (χ1n) is 14.8. The predicted molar refractivity (Wildman–Crippen MR) is 184 cm³/mol. The average Bonchev–Trinajstić information content (AvgIpc) is 3.40. The zero-order valence-corrected chi connectivity index (χ0v) is 23.5. The Hall–Kier alpha value is -5.66. The van der Waals surface area contributed by atoms with Gasteiger partial charge >= 0.3 is 0 Å². The fourth-order valence-electron chi connectivity index (χ4n) is 7.22. The van der Waals surface area contributed by atoms with Crippen LogP contribution in [0.3, 0.4) is 0 Å². The zero-order chi connectivity index (χ0) is 28.5. The third kappa shape index (κ3) is 3.58. The largest absolute Gasteiger partial charge is 0.399 e. The minimum atomic E-state index is 0.790. The van der Waals surface area contributed by atoms with Crippen molar-refractivity contribution >= 4 is 38.0 Å². The normalized spacial score (nSPS) is 11.8. The van der Waals surface area contributed by atoms with E-state index in [0.717, 1.165) is 5.69 Å². The van der Waals surface area contributed by atoms with E-state index in [1.165, 1.54) is 88.0 Å². The van der Waals surface area contributed by atoms with E-state index in [2.05, 4.69) is 146 Å². The molecule has 1 aliphatic rings. The average molecular weight is 546 g/mol. The van der Waals surface area contributed by atoms with Crippen molar-refractivity contribution in [3.05, 3.63) is 152 Å². The molecular formula is C42H27N. The van der Waals surface area contributed by atoms with Crippen molar-refractivity contribution in [2.75, 3.05) is 5.73 Å². The molecule has 0 atom stereocenters. The Bertz CT molecular complexity index is 2380. The summed E-state index contributed by atoms with van der Waals surface area (Å²) in [6.45, 7) is 0. The molecule has 43 heavy (non-hydrogen) atoms. The van der Waals surface area contributed by atoms with Crippen LogP contribution in [0.2, 0.25) is 0 Å². The first kappa shape index (κ1) is 24.0. The van der Waals surface area contributed by atoms with Gasteiger partial charge in [-0.25, -0.2) is 0 Å². The fourth-order valence-corrected chi connectivity index (χ4v) is 7.22. The first-order chi connectivity index (χ1) is 21.2. The van der Waals surface area contributed by atoms with Crippen LogP contribution < -0.4 is 5.73 Å². The van der Waals surface area contributed by atoms with Gasteiger partial charge < -0.3 is 5.73 Å². The van der Waals surface area contributed by atoms with E-state index in [4.69, 9.17) is 5.73 Å². The second-order valence-corrected chi connectivity index (χ2v) is 11.5. The predicted octanol–water partition coefficient (Wildman–Crippen LogP) is 11.4. The van der Waals surface area contributed by atoms with Gasteiger partial charge in [0, 0.05) is 5.69 Å². The lowest BCUT2D eigenvalue weighted by Crippen LogP contribution is -1.94. The van der Waals surface area contributed by atoms with Crippen LogP contribution in [0, 0.1) is 0 Å². The third-order valence-corrected chi connectivity index (χ3v) is 9.09. The molecule has 0 radical (unpaired) electrons. The molecule has 1 heteroatoms. The number of hydrogen-bond donors (Lipinski definition) is 1. The smallest absolute Gasteiger partial charge is 0.0320 e. The Kier molecular flexibility index (Phi) is 5.12. The summed E-state index contributed by atoms with van der Waals surface area (Å²) in [6, 6.07) is 55.2. The van der Waals surface area contributed by atoms with E-state index in [1.54, 1.807) is 0 Å². The number of hydrogen-bond acceptors (Lipinski definition) is 1. The highest BCUT2D eigenvalue weighted by Crippen LogP contribution is 2.57. The van der Waals surface area contributed by atoms with Crippen LogP contribution in [0.4, 0.5) is 5.69 Å². The second kappa shape index (κ2) is 9.17. The molecule has 9 rings (SSSR count). The van der Waals surface area contributed by atoms with Gasteiger partial charge in [-0.3, -0.25) is 0 Å².